The number of hydrogen-bond acceptors (Lipinski definition) is 13. The fourth-order valence-electron chi connectivity index (χ4n) is 4.73. The number of hydrogen-bond donors (Lipinski definition) is 6. The Morgan fingerprint density at radius 3 is 1.24 bits per heavy atom. The predicted octanol–water partition coefficient (Wildman–Crippen LogP) is -0.0687. The SMILES string of the molecule is O=C(O)CN(CCN(CC(=O)O)Cc1cc(C#Cc2ccc(N=C=S)cc2)cc(CN(CCN(CC(=O)O)CC(=O)O)CC(=O)O)n1)CC(=O)O. The van der Waals surface area contributed by atoms with E-state index in [0.717, 1.165) is 9.80 Å². The fraction of sp³-hybridized carbons (Fsp3) is 0.375. The summed E-state index contributed by atoms with van der Waals surface area (Å²) in [6, 6.07) is 9.93. The first-order chi connectivity index (χ1) is 24.1. The van der Waals surface area contributed by atoms with Gasteiger partial charge in [-0.3, -0.25) is 53.4 Å². The number of rotatable bonds is 23. The monoisotopic (exact) mass is 728 g/mol. The van der Waals surface area contributed by atoms with Gasteiger partial charge in [-0.25, -0.2) is 0 Å². The van der Waals surface area contributed by atoms with Crippen LogP contribution in [0, 0.1) is 11.8 Å². The van der Waals surface area contributed by atoms with Crippen LogP contribution in [0.1, 0.15) is 22.5 Å². The minimum Gasteiger partial charge on any atom is -0.480 e. The molecule has 272 valence electrons. The lowest BCUT2D eigenvalue weighted by molar-refractivity contribution is -0.144. The van der Waals surface area contributed by atoms with Crippen molar-refractivity contribution < 1.29 is 59.4 Å². The van der Waals surface area contributed by atoms with E-state index in [-0.39, 0.29) is 39.3 Å². The standard InChI is InChI=1S/C32H36N6O12S/c39-27(40)15-35(7-9-37(17-29(43)44)18-30(45)46)13-25-11-23(2-1-22-3-5-24(6-4-22)33-21-51)12-26(34-25)14-36(16-28(41)42)8-10-38(19-31(47)48)20-32(49)50/h3-6,11-12H,7-10,13-20H2,(H,39,40)(H,41,42)(H,43,44)(H,45,46)(H,47,48)(H,49,50). The zero-order valence-electron chi connectivity index (χ0n) is 27.2. The van der Waals surface area contributed by atoms with Gasteiger partial charge in [0.05, 0.1) is 61.5 Å². The topological polar surface area (TPSA) is 262 Å². The number of aromatic nitrogens is 1. The second kappa shape index (κ2) is 21.5. The van der Waals surface area contributed by atoms with E-state index >= 15 is 0 Å². The van der Waals surface area contributed by atoms with Crippen molar-refractivity contribution in [3.05, 3.63) is 58.9 Å². The van der Waals surface area contributed by atoms with Gasteiger partial charge in [0.15, 0.2) is 0 Å². The van der Waals surface area contributed by atoms with Gasteiger partial charge in [0.1, 0.15) is 0 Å². The van der Waals surface area contributed by atoms with Crippen LogP contribution in [0.3, 0.4) is 0 Å². The fourth-order valence-corrected chi connectivity index (χ4v) is 4.83. The summed E-state index contributed by atoms with van der Waals surface area (Å²) in [5.74, 6) is -1.49. The van der Waals surface area contributed by atoms with Gasteiger partial charge in [-0.05, 0) is 48.6 Å². The van der Waals surface area contributed by atoms with Gasteiger partial charge >= 0.3 is 35.8 Å². The van der Waals surface area contributed by atoms with E-state index in [4.69, 9.17) is 0 Å². The van der Waals surface area contributed by atoms with Gasteiger partial charge in [-0.15, -0.1) is 0 Å². The number of thiocarbonyl (C=S) groups is 1. The molecule has 19 heteroatoms. The number of aliphatic imine (C=N–C) groups is 1. The summed E-state index contributed by atoms with van der Waals surface area (Å²) in [6.07, 6.45) is 0. The maximum atomic E-state index is 11.7. The largest absolute Gasteiger partial charge is 0.480 e. The summed E-state index contributed by atoms with van der Waals surface area (Å²) in [7, 11) is 0. The Hall–Kier alpha value is -5.61. The van der Waals surface area contributed by atoms with E-state index in [2.05, 4.69) is 39.2 Å². The molecule has 0 radical (unpaired) electrons. The summed E-state index contributed by atoms with van der Waals surface area (Å²) in [5.41, 5.74) is 2.20. The Bertz CT molecular complexity index is 1580. The molecule has 0 aliphatic heterocycles. The maximum Gasteiger partial charge on any atom is 0.317 e. The first-order valence-corrected chi connectivity index (χ1v) is 15.4. The van der Waals surface area contributed by atoms with Gasteiger partial charge in [0.2, 0.25) is 0 Å². The number of carbonyl (C=O) groups is 6. The maximum absolute atomic E-state index is 11.7. The summed E-state index contributed by atoms with van der Waals surface area (Å²) < 4.78 is 0. The number of nitrogens with zero attached hydrogens (tertiary/aromatic N) is 6. The molecule has 0 aliphatic rings. The molecule has 0 amide bonds. The Kier molecular flexibility index (Phi) is 17.5. The number of isothiocyanates is 1. The first kappa shape index (κ1) is 41.6. The molecule has 1 heterocycles. The van der Waals surface area contributed by atoms with Crippen molar-refractivity contribution in [1.29, 1.82) is 0 Å². The molecule has 0 spiro atoms. The molecule has 0 unspecified atom stereocenters. The van der Waals surface area contributed by atoms with Crippen LogP contribution in [-0.2, 0) is 41.9 Å². The first-order valence-electron chi connectivity index (χ1n) is 15.0. The molecule has 0 saturated carbocycles. The van der Waals surface area contributed by atoms with Crippen molar-refractivity contribution >= 4 is 58.9 Å². The van der Waals surface area contributed by atoms with Crippen molar-refractivity contribution in [3.63, 3.8) is 0 Å². The highest BCUT2D eigenvalue weighted by atomic mass is 32.1. The van der Waals surface area contributed by atoms with E-state index in [9.17, 15) is 59.4 Å². The summed E-state index contributed by atoms with van der Waals surface area (Å²) in [6.45, 7) is -3.87. The number of aliphatic carboxylic acids is 6. The Morgan fingerprint density at radius 1 is 0.549 bits per heavy atom. The average Bonchev–Trinajstić information content (AvgIpc) is 3.00. The number of carboxylic acid groups (broad SMARTS) is 6. The van der Waals surface area contributed by atoms with Crippen molar-refractivity contribution in [1.82, 2.24) is 24.6 Å². The smallest absolute Gasteiger partial charge is 0.317 e. The summed E-state index contributed by atoms with van der Waals surface area (Å²) >= 11 is 4.61. The number of benzene rings is 1. The molecule has 1 aromatic heterocycles. The van der Waals surface area contributed by atoms with Crippen LogP contribution in [0.2, 0.25) is 0 Å². The van der Waals surface area contributed by atoms with Gasteiger partial charge in [-0.1, -0.05) is 11.8 Å². The van der Waals surface area contributed by atoms with Crippen LogP contribution in [0.4, 0.5) is 5.69 Å². The zero-order valence-corrected chi connectivity index (χ0v) is 28.0. The lowest BCUT2D eigenvalue weighted by Crippen LogP contribution is -2.42. The number of pyridine rings is 1. The van der Waals surface area contributed by atoms with Gasteiger partial charge < -0.3 is 30.6 Å². The Morgan fingerprint density at radius 2 is 0.882 bits per heavy atom. The molecule has 0 atom stereocenters. The van der Waals surface area contributed by atoms with Gasteiger partial charge in [0, 0.05) is 50.4 Å². The molecule has 51 heavy (non-hydrogen) atoms. The summed E-state index contributed by atoms with van der Waals surface area (Å²) in [5, 5.41) is 58.1. The highest BCUT2D eigenvalue weighted by Crippen LogP contribution is 2.14. The van der Waals surface area contributed by atoms with Crippen LogP contribution in [0.25, 0.3) is 0 Å². The third kappa shape index (κ3) is 18.1. The number of carboxylic acids is 6. The average molecular weight is 729 g/mol. The molecule has 6 N–H and O–H groups in total. The minimum absolute atomic E-state index is 0.0511. The molecule has 0 aliphatic carbocycles. The third-order valence-electron chi connectivity index (χ3n) is 6.71. The second-order valence-electron chi connectivity index (χ2n) is 11.0. The molecular weight excluding hydrogens is 692 g/mol. The lowest BCUT2D eigenvalue weighted by atomic mass is 10.1. The minimum atomic E-state index is -1.26. The molecule has 1 aromatic carbocycles. The normalized spacial score (nSPS) is 10.8. The van der Waals surface area contributed by atoms with Crippen molar-refractivity contribution in [2.24, 2.45) is 4.99 Å². The highest BCUT2D eigenvalue weighted by molar-refractivity contribution is 7.78. The van der Waals surface area contributed by atoms with Crippen molar-refractivity contribution in [3.8, 4) is 11.8 Å². The van der Waals surface area contributed by atoms with E-state index in [1.807, 2.05) is 0 Å². The Balaban J connectivity index is 2.48. The van der Waals surface area contributed by atoms with E-state index in [1.165, 1.54) is 9.80 Å². The Labute approximate surface area is 296 Å². The highest BCUT2D eigenvalue weighted by Gasteiger charge is 2.20. The van der Waals surface area contributed by atoms with Crippen LogP contribution in [0.15, 0.2) is 41.4 Å². The molecule has 0 fully saturated rings. The van der Waals surface area contributed by atoms with Crippen molar-refractivity contribution in [2.75, 3.05) is 65.4 Å². The molecule has 18 nitrogen and oxygen atoms in total. The van der Waals surface area contributed by atoms with E-state index < -0.39 is 75.1 Å². The third-order valence-corrected chi connectivity index (χ3v) is 6.81. The summed E-state index contributed by atoms with van der Waals surface area (Å²) in [4.78, 5) is 82.0. The van der Waals surface area contributed by atoms with Gasteiger partial charge in [0.25, 0.3) is 0 Å². The molecule has 2 aromatic rings. The van der Waals surface area contributed by atoms with Crippen LogP contribution in [0.5, 0.6) is 0 Å². The molecular formula is C32H36N6O12S. The van der Waals surface area contributed by atoms with Crippen LogP contribution in [-0.4, -0.2) is 162 Å². The van der Waals surface area contributed by atoms with Gasteiger partial charge in [-0.2, -0.15) is 4.99 Å². The second-order valence-corrected chi connectivity index (χ2v) is 11.2. The van der Waals surface area contributed by atoms with Crippen molar-refractivity contribution in [2.45, 2.75) is 13.1 Å². The van der Waals surface area contributed by atoms with Crippen LogP contribution < -0.4 is 0 Å². The molecule has 0 saturated heterocycles. The lowest BCUT2D eigenvalue weighted by Gasteiger charge is -2.26. The molecule has 2 rings (SSSR count). The van der Waals surface area contributed by atoms with E-state index in [1.54, 1.807) is 36.4 Å². The van der Waals surface area contributed by atoms with Crippen LogP contribution >= 0.6 is 12.2 Å². The zero-order chi connectivity index (χ0) is 37.9. The predicted molar refractivity (Wildman–Crippen MR) is 181 cm³/mol. The quantitative estimate of drug-likeness (QED) is 0.0497. The molecule has 0 bridgehead atoms. The van der Waals surface area contributed by atoms with E-state index in [0.29, 0.717) is 28.2 Å².